The molecule has 2 fully saturated rings. The number of ketones is 1. The molecule has 0 aromatic heterocycles. The molecule has 6 unspecified atom stereocenters. The lowest BCUT2D eigenvalue weighted by Gasteiger charge is -2.56. The Bertz CT molecular complexity index is 1160. The van der Waals surface area contributed by atoms with E-state index in [4.69, 9.17) is 14.2 Å². The van der Waals surface area contributed by atoms with E-state index in [0.717, 1.165) is 0 Å². The molecular weight excluding hydrogens is 428 g/mol. The van der Waals surface area contributed by atoms with E-state index in [0.29, 0.717) is 16.7 Å². The predicted molar refractivity (Wildman–Crippen MR) is 113 cm³/mol. The third-order valence-electron chi connectivity index (χ3n) is 8.69. The number of carbonyl (C=O) groups excluding carboxylic acids is 4. The molecule has 1 N–H and O–H groups in total. The standard InChI is InChI=1S/C25H28O8/c1-11-22(6)9-15-14-8-17(28)33-21(4,5)18(14)16(27)10-23(15,7)24(11)20(30)31-12(2)25(24,19(22)29)32-13(3)26/h9,12,16,27H,1,8,10H2,2-7H3. The predicted octanol–water partition coefficient (Wildman–Crippen LogP) is 2.10. The van der Waals surface area contributed by atoms with Crippen molar-refractivity contribution in [2.24, 2.45) is 16.2 Å². The Morgan fingerprint density at radius 2 is 1.85 bits per heavy atom. The third kappa shape index (κ3) is 2.04. The minimum Gasteiger partial charge on any atom is -0.457 e. The van der Waals surface area contributed by atoms with E-state index in [1.54, 1.807) is 40.7 Å². The number of Topliss-reactive ketones (excluding diaryl/α,β-unsaturated/α-hetero) is 1. The Hall–Kier alpha value is -2.74. The van der Waals surface area contributed by atoms with Crippen LogP contribution in [0.25, 0.3) is 0 Å². The normalized spacial score (nSPS) is 45.0. The van der Waals surface area contributed by atoms with E-state index in [1.165, 1.54) is 6.92 Å². The zero-order chi connectivity index (χ0) is 24.5. The lowest BCUT2D eigenvalue weighted by molar-refractivity contribution is -0.183. The third-order valence-corrected chi connectivity index (χ3v) is 8.69. The molecule has 0 amide bonds. The molecule has 2 bridgehead atoms. The number of hydrogen-bond acceptors (Lipinski definition) is 8. The van der Waals surface area contributed by atoms with Gasteiger partial charge < -0.3 is 19.3 Å². The number of aliphatic hydroxyl groups excluding tert-OH is 1. The number of cyclic esters (lactones) is 2. The van der Waals surface area contributed by atoms with Crippen molar-refractivity contribution in [3.05, 3.63) is 34.9 Å². The maximum Gasteiger partial charge on any atom is 0.322 e. The minimum absolute atomic E-state index is 0.0336. The lowest BCUT2D eigenvalue weighted by atomic mass is 9.45. The van der Waals surface area contributed by atoms with Crippen molar-refractivity contribution < 1.29 is 38.5 Å². The molecule has 2 aliphatic heterocycles. The van der Waals surface area contributed by atoms with Gasteiger partial charge in [-0.3, -0.25) is 19.2 Å². The molecule has 0 aromatic carbocycles. The Labute approximate surface area is 191 Å². The summed E-state index contributed by atoms with van der Waals surface area (Å²) in [6.07, 6.45) is -0.431. The summed E-state index contributed by atoms with van der Waals surface area (Å²) in [7, 11) is 0. The number of fused-ring (bicyclic) bond motifs is 3. The summed E-state index contributed by atoms with van der Waals surface area (Å²) in [6, 6.07) is 0. The Morgan fingerprint density at radius 3 is 2.45 bits per heavy atom. The smallest absolute Gasteiger partial charge is 0.322 e. The highest BCUT2D eigenvalue weighted by atomic mass is 16.6. The topological polar surface area (TPSA) is 116 Å². The molecule has 3 aliphatic carbocycles. The van der Waals surface area contributed by atoms with E-state index < -0.39 is 63.3 Å². The molecule has 0 radical (unpaired) electrons. The van der Waals surface area contributed by atoms with Crippen LogP contribution in [0.3, 0.4) is 0 Å². The second-order valence-corrected chi connectivity index (χ2v) is 10.8. The molecule has 1 spiro atoms. The largest absolute Gasteiger partial charge is 0.457 e. The zero-order valence-corrected chi connectivity index (χ0v) is 19.7. The number of ether oxygens (including phenoxy) is 3. The fraction of sp³-hybridized carbons (Fsp3) is 0.600. The number of aliphatic hydroxyl groups is 1. The van der Waals surface area contributed by atoms with Gasteiger partial charge in [-0.2, -0.15) is 0 Å². The average molecular weight is 456 g/mol. The van der Waals surface area contributed by atoms with Crippen molar-refractivity contribution in [1.29, 1.82) is 0 Å². The Kier molecular flexibility index (Phi) is 3.91. The number of rotatable bonds is 1. The van der Waals surface area contributed by atoms with Crippen LogP contribution in [-0.4, -0.2) is 52.2 Å². The molecule has 5 aliphatic rings. The second kappa shape index (κ2) is 5.84. The molecule has 0 aromatic rings. The van der Waals surface area contributed by atoms with Gasteiger partial charge in [-0.05, 0) is 50.8 Å². The van der Waals surface area contributed by atoms with Crippen LogP contribution < -0.4 is 0 Å². The number of carbonyl (C=O) groups is 4. The lowest BCUT2D eigenvalue weighted by Crippen LogP contribution is -2.64. The van der Waals surface area contributed by atoms with Crippen LogP contribution in [0.2, 0.25) is 0 Å². The SMILES string of the molecule is C=C1C2(C)C=C3C4=C(C(O)CC3(C)C13C(=O)OC(C)C3(OC(C)=O)C2=O)C(C)(C)OC(=O)C4. The van der Waals surface area contributed by atoms with E-state index in [-0.39, 0.29) is 18.4 Å². The Morgan fingerprint density at radius 1 is 1.21 bits per heavy atom. The molecule has 5 rings (SSSR count). The van der Waals surface area contributed by atoms with Gasteiger partial charge in [0.15, 0.2) is 5.78 Å². The summed E-state index contributed by atoms with van der Waals surface area (Å²) in [4.78, 5) is 52.8. The van der Waals surface area contributed by atoms with Crippen molar-refractivity contribution in [1.82, 2.24) is 0 Å². The Balaban J connectivity index is 1.91. The highest BCUT2D eigenvalue weighted by Crippen LogP contribution is 2.77. The first-order valence-corrected chi connectivity index (χ1v) is 11.1. The van der Waals surface area contributed by atoms with E-state index in [2.05, 4.69) is 6.58 Å². The molecule has 176 valence electrons. The van der Waals surface area contributed by atoms with E-state index >= 15 is 0 Å². The molecule has 6 atom stereocenters. The van der Waals surface area contributed by atoms with Gasteiger partial charge in [0.2, 0.25) is 5.60 Å². The second-order valence-electron chi connectivity index (χ2n) is 10.8. The van der Waals surface area contributed by atoms with Crippen LogP contribution in [0.5, 0.6) is 0 Å². The van der Waals surface area contributed by atoms with E-state index in [1.807, 2.05) is 0 Å². The fourth-order valence-electron chi connectivity index (χ4n) is 7.60. The zero-order valence-electron chi connectivity index (χ0n) is 19.7. The summed E-state index contributed by atoms with van der Waals surface area (Å²) in [6.45, 7) is 13.8. The van der Waals surface area contributed by atoms with Crippen LogP contribution in [0.1, 0.15) is 54.4 Å². The number of allylic oxidation sites excluding steroid dienone is 2. The van der Waals surface area contributed by atoms with Gasteiger partial charge in [0.1, 0.15) is 17.1 Å². The quantitative estimate of drug-likeness (QED) is 0.362. The first kappa shape index (κ1) is 22.1. The van der Waals surface area contributed by atoms with Crippen molar-refractivity contribution in [2.75, 3.05) is 0 Å². The van der Waals surface area contributed by atoms with Crippen LogP contribution in [0, 0.1) is 16.2 Å². The fourth-order valence-corrected chi connectivity index (χ4v) is 7.60. The van der Waals surface area contributed by atoms with Crippen molar-refractivity contribution >= 4 is 23.7 Å². The van der Waals surface area contributed by atoms with Gasteiger partial charge >= 0.3 is 17.9 Å². The monoisotopic (exact) mass is 456 g/mol. The maximum absolute atomic E-state index is 14.1. The van der Waals surface area contributed by atoms with Crippen LogP contribution in [0.15, 0.2) is 34.9 Å². The first-order valence-electron chi connectivity index (χ1n) is 11.1. The van der Waals surface area contributed by atoms with Gasteiger partial charge in [0, 0.05) is 17.9 Å². The molecule has 8 heteroatoms. The summed E-state index contributed by atoms with van der Waals surface area (Å²) < 4.78 is 16.9. The first-order chi connectivity index (χ1) is 15.1. The molecule has 1 saturated heterocycles. The van der Waals surface area contributed by atoms with E-state index in [9.17, 15) is 24.3 Å². The molecule has 8 nitrogen and oxygen atoms in total. The molecule has 2 heterocycles. The van der Waals surface area contributed by atoms with Gasteiger partial charge in [-0.15, -0.1) is 0 Å². The van der Waals surface area contributed by atoms with Crippen molar-refractivity contribution in [2.45, 2.75) is 77.8 Å². The maximum atomic E-state index is 14.1. The van der Waals surface area contributed by atoms with Crippen molar-refractivity contribution in [3.8, 4) is 0 Å². The molecular formula is C25H28O8. The summed E-state index contributed by atoms with van der Waals surface area (Å²) in [5.74, 6) is -2.37. The number of esters is 3. The van der Waals surface area contributed by atoms with Crippen LogP contribution >= 0.6 is 0 Å². The highest BCUT2D eigenvalue weighted by Gasteiger charge is 2.89. The number of hydrogen-bond donors (Lipinski definition) is 1. The molecule has 33 heavy (non-hydrogen) atoms. The van der Waals surface area contributed by atoms with Crippen LogP contribution in [0.4, 0.5) is 0 Å². The van der Waals surface area contributed by atoms with Gasteiger partial charge in [-0.1, -0.05) is 19.6 Å². The highest BCUT2D eigenvalue weighted by molar-refractivity contribution is 6.13. The van der Waals surface area contributed by atoms with Gasteiger partial charge in [-0.25, -0.2) is 0 Å². The summed E-state index contributed by atoms with van der Waals surface area (Å²) >= 11 is 0. The summed E-state index contributed by atoms with van der Waals surface area (Å²) in [5, 5.41) is 11.4. The van der Waals surface area contributed by atoms with Gasteiger partial charge in [0.05, 0.1) is 17.9 Å². The average Bonchev–Trinajstić information content (AvgIpc) is 2.93. The van der Waals surface area contributed by atoms with Crippen molar-refractivity contribution in [3.63, 3.8) is 0 Å². The molecule has 1 saturated carbocycles. The van der Waals surface area contributed by atoms with Gasteiger partial charge in [0.25, 0.3) is 0 Å². The minimum atomic E-state index is -1.93. The summed E-state index contributed by atoms with van der Waals surface area (Å²) in [5.41, 5.74) is -5.27. The van der Waals surface area contributed by atoms with Crippen LogP contribution in [-0.2, 0) is 33.4 Å².